The molecule has 1 atom stereocenters. The normalized spacial score (nSPS) is 18.6. The molecule has 4 aromatic rings. The minimum absolute atomic E-state index is 0.182. The molecule has 8 nitrogen and oxygen atoms in total. The number of piperidine rings is 1. The highest BCUT2D eigenvalue weighted by molar-refractivity contribution is 5.98. The van der Waals surface area contributed by atoms with Crippen molar-refractivity contribution in [2.45, 2.75) is 24.8 Å². The fourth-order valence-electron chi connectivity index (χ4n) is 5.22. The molecule has 0 radical (unpaired) electrons. The second-order valence-corrected chi connectivity index (χ2v) is 9.24. The predicted octanol–water partition coefficient (Wildman–Crippen LogP) is 4.01. The number of hydrogen-bond donors (Lipinski definition) is 2. The molecule has 0 saturated carbocycles. The first-order chi connectivity index (χ1) is 17.5. The molecule has 0 bridgehead atoms. The van der Waals surface area contributed by atoms with Gasteiger partial charge in [-0.25, -0.2) is 4.98 Å². The van der Waals surface area contributed by atoms with Crippen molar-refractivity contribution >= 4 is 27.6 Å². The zero-order chi connectivity index (χ0) is 24.9. The van der Waals surface area contributed by atoms with E-state index in [0.717, 1.165) is 21.7 Å². The summed E-state index contributed by atoms with van der Waals surface area (Å²) in [6.07, 6.45) is 0.200. The highest BCUT2D eigenvalue weighted by Gasteiger charge is 2.43. The number of amides is 1. The number of likely N-dealkylation sites (tertiary alicyclic amines) is 1. The third-order valence-corrected chi connectivity index (χ3v) is 7.16. The van der Waals surface area contributed by atoms with Crippen molar-refractivity contribution in [1.29, 1.82) is 0 Å². The summed E-state index contributed by atoms with van der Waals surface area (Å²) in [6, 6.07) is 19.2. The van der Waals surface area contributed by atoms with E-state index in [2.05, 4.69) is 10.3 Å². The summed E-state index contributed by atoms with van der Waals surface area (Å²) in [5, 5.41) is 17.0. The number of aliphatic hydroxyl groups excluding tert-OH is 1. The highest BCUT2D eigenvalue weighted by atomic mass is 16.5. The van der Waals surface area contributed by atoms with Crippen LogP contribution in [0.1, 0.15) is 35.1 Å². The van der Waals surface area contributed by atoms with Gasteiger partial charge in [0.25, 0.3) is 5.91 Å². The van der Waals surface area contributed by atoms with E-state index in [1.807, 2.05) is 54.6 Å². The Morgan fingerprint density at radius 1 is 1.03 bits per heavy atom. The number of carbonyl (C=O) groups is 1. The number of nitrogens with one attached hydrogen (secondary N) is 1. The number of aromatic nitrogens is 1. The monoisotopic (exact) mass is 485 g/mol. The van der Waals surface area contributed by atoms with E-state index in [0.29, 0.717) is 54.4 Å². The van der Waals surface area contributed by atoms with Crippen LogP contribution in [0.4, 0.5) is 0 Å². The van der Waals surface area contributed by atoms with E-state index < -0.39 is 12.0 Å². The van der Waals surface area contributed by atoms with Crippen molar-refractivity contribution in [3.05, 3.63) is 71.9 Å². The van der Waals surface area contributed by atoms with Gasteiger partial charge in [-0.15, -0.1) is 0 Å². The fourth-order valence-corrected chi connectivity index (χ4v) is 5.22. The van der Waals surface area contributed by atoms with Crippen LogP contribution in [0.15, 0.2) is 60.7 Å². The average molecular weight is 486 g/mol. The van der Waals surface area contributed by atoms with Gasteiger partial charge in [0.15, 0.2) is 5.72 Å². The number of para-hydroxylation sites is 1. The fraction of sp³-hybridized carbons (Fsp3) is 0.286. The van der Waals surface area contributed by atoms with Gasteiger partial charge in [-0.1, -0.05) is 30.3 Å². The Bertz CT molecular complexity index is 1480. The lowest BCUT2D eigenvalue weighted by Gasteiger charge is -2.46. The van der Waals surface area contributed by atoms with Gasteiger partial charge in [0, 0.05) is 42.9 Å². The molecule has 1 amide bonds. The maximum Gasteiger partial charge on any atom is 0.272 e. The largest absolute Gasteiger partial charge is 0.496 e. The molecule has 1 saturated heterocycles. The summed E-state index contributed by atoms with van der Waals surface area (Å²) >= 11 is 0. The molecule has 36 heavy (non-hydrogen) atoms. The first-order valence-corrected chi connectivity index (χ1v) is 12.0. The molecule has 0 aliphatic carbocycles. The number of aliphatic hydroxyl groups is 1. The zero-order valence-electron chi connectivity index (χ0n) is 20.2. The van der Waals surface area contributed by atoms with Crippen molar-refractivity contribution in [2.24, 2.45) is 0 Å². The van der Waals surface area contributed by atoms with Gasteiger partial charge in [-0.3, -0.25) is 10.1 Å². The van der Waals surface area contributed by atoms with E-state index in [4.69, 9.17) is 14.2 Å². The molecule has 2 aliphatic rings. The molecule has 1 spiro atoms. The van der Waals surface area contributed by atoms with Crippen LogP contribution in [0.25, 0.3) is 21.7 Å². The van der Waals surface area contributed by atoms with Crippen molar-refractivity contribution in [3.8, 4) is 17.2 Å². The molecule has 6 rings (SSSR count). The van der Waals surface area contributed by atoms with Crippen LogP contribution in [-0.2, 0) is 0 Å². The molecule has 1 unspecified atom stereocenters. The SMILES string of the molecule is COc1cc(C(=O)N2CCC3(CC2)NC(O)c2cc4ccccc4cc2O3)nc2c(OC)cccc12. The Kier molecular flexibility index (Phi) is 5.43. The van der Waals surface area contributed by atoms with Crippen LogP contribution in [0.5, 0.6) is 17.2 Å². The smallest absolute Gasteiger partial charge is 0.272 e. The number of nitrogens with zero attached hydrogens (tertiary/aromatic N) is 2. The molecule has 2 N–H and O–H groups in total. The van der Waals surface area contributed by atoms with E-state index in [-0.39, 0.29) is 5.91 Å². The number of ether oxygens (including phenoxy) is 3. The van der Waals surface area contributed by atoms with Crippen LogP contribution in [0.2, 0.25) is 0 Å². The number of hydrogen-bond acceptors (Lipinski definition) is 7. The second-order valence-electron chi connectivity index (χ2n) is 9.24. The van der Waals surface area contributed by atoms with Gasteiger partial charge in [0.2, 0.25) is 0 Å². The minimum atomic E-state index is -0.848. The topological polar surface area (TPSA) is 93.2 Å². The van der Waals surface area contributed by atoms with Crippen molar-refractivity contribution < 1.29 is 24.1 Å². The Balaban J connectivity index is 1.24. The number of carbonyl (C=O) groups excluding carboxylic acids is 1. The Labute approximate surface area is 208 Å². The lowest BCUT2D eigenvalue weighted by molar-refractivity contribution is -0.0807. The van der Waals surface area contributed by atoms with Gasteiger partial charge in [-0.2, -0.15) is 0 Å². The van der Waals surface area contributed by atoms with E-state index in [9.17, 15) is 9.90 Å². The standard InChI is InChI=1S/C28H27N3O5/c1-34-22-9-5-8-19-23(35-2)16-21(29-25(19)22)27(33)31-12-10-28(11-13-31)30-26(32)20-14-17-6-3-4-7-18(17)15-24(20)36-28/h3-9,14-16,26,30,32H,10-13H2,1-2H3. The van der Waals surface area contributed by atoms with Crippen molar-refractivity contribution in [3.63, 3.8) is 0 Å². The minimum Gasteiger partial charge on any atom is -0.496 e. The van der Waals surface area contributed by atoms with Gasteiger partial charge < -0.3 is 24.2 Å². The first-order valence-electron chi connectivity index (χ1n) is 12.0. The number of rotatable bonds is 3. The lowest BCUT2D eigenvalue weighted by Crippen LogP contribution is -2.60. The van der Waals surface area contributed by atoms with Crippen molar-refractivity contribution in [2.75, 3.05) is 27.3 Å². The van der Waals surface area contributed by atoms with Crippen LogP contribution in [0.3, 0.4) is 0 Å². The maximum atomic E-state index is 13.4. The zero-order valence-corrected chi connectivity index (χ0v) is 20.2. The molecule has 8 heteroatoms. The lowest BCUT2D eigenvalue weighted by atomic mass is 9.95. The molecular weight excluding hydrogens is 458 g/mol. The highest BCUT2D eigenvalue weighted by Crippen LogP contribution is 2.40. The van der Waals surface area contributed by atoms with Crippen LogP contribution >= 0.6 is 0 Å². The Morgan fingerprint density at radius 3 is 2.47 bits per heavy atom. The third-order valence-electron chi connectivity index (χ3n) is 7.16. The molecule has 3 aromatic carbocycles. The molecule has 1 aromatic heterocycles. The van der Waals surface area contributed by atoms with Crippen LogP contribution in [-0.4, -0.2) is 53.9 Å². The summed E-state index contributed by atoms with van der Waals surface area (Å²) in [7, 11) is 3.15. The predicted molar refractivity (Wildman–Crippen MR) is 135 cm³/mol. The van der Waals surface area contributed by atoms with Crippen molar-refractivity contribution in [1.82, 2.24) is 15.2 Å². The molecular formula is C28H27N3O5. The first kappa shape index (κ1) is 22.6. The summed E-state index contributed by atoms with van der Waals surface area (Å²) in [4.78, 5) is 19.8. The Morgan fingerprint density at radius 2 is 1.75 bits per heavy atom. The van der Waals surface area contributed by atoms with E-state index in [1.54, 1.807) is 25.2 Å². The summed E-state index contributed by atoms with van der Waals surface area (Å²) in [5.41, 5.74) is 0.859. The van der Waals surface area contributed by atoms with E-state index >= 15 is 0 Å². The number of methoxy groups -OCH3 is 2. The molecule has 2 aliphatic heterocycles. The summed E-state index contributed by atoms with van der Waals surface area (Å²) < 4.78 is 17.4. The summed E-state index contributed by atoms with van der Waals surface area (Å²) in [6.45, 7) is 0.908. The number of fused-ring (bicyclic) bond motifs is 3. The maximum absolute atomic E-state index is 13.4. The van der Waals surface area contributed by atoms with Crippen LogP contribution in [0, 0.1) is 0 Å². The van der Waals surface area contributed by atoms with Gasteiger partial charge in [0.05, 0.1) is 14.2 Å². The average Bonchev–Trinajstić information content (AvgIpc) is 2.91. The quantitative estimate of drug-likeness (QED) is 0.453. The molecule has 1 fully saturated rings. The summed E-state index contributed by atoms with van der Waals surface area (Å²) in [5.74, 6) is 1.64. The number of pyridine rings is 1. The molecule has 3 heterocycles. The van der Waals surface area contributed by atoms with Crippen LogP contribution < -0.4 is 19.5 Å². The third kappa shape index (κ3) is 3.70. The van der Waals surface area contributed by atoms with Gasteiger partial charge >= 0.3 is 0 Å². The Hall–Kier alpha value is -3.88. The van der Waals surface area contributed by atoms with E-state index in [1.165, 1.54) is 0 Å². The molecule has 184 valence electrons. The number of benzene rings is 3. The van der Waals surface area contributed by atoms with Gasteiger partial charge in [0.1, 0.15) is 34.7 Å². The second kappa shape index (κ2) is 8.65. The van der Waals surface area contributed by atoms with Gasteiger partial charge in [-0.05, 0) is 35.0 Å².